The molecule has 0 unspecified atom stereocenters. The molecule has 10 rings (SSSR count). The summed E-state index contributed by atoms with van der Waals surface area (Å²) in [5.74, 6) is 4.45. The molecule has 1 N–H and O–H groups in total. The van der Waals surface area contributed by atoms with Crippen LogP contribution < -0.4 is 33.1 Å². The summed E-state index contributed by atoms with van der Waals surface area (Å²) < 4.78 is 44.4. The minimum atomic E-state index is 0.436. The minimum absolute atomic E-state index is 0.436. The molecule has 6 heterocycles. The highest BCUT2D eigenvalue weighted by molar-refractivity contribution is 6.35. The molecule has 0 saturated carbocycles. The Hall–Kier alpha value is -8.55. The summed E-state index contributed by atoms with van der Waals surface area (Å²) in [6.45, 7) is 3.90. The van der Waals surface area contributed by atoms with Gasteiger partial charge in [0.15, 0.2) is 5.75 Å². The lowest BCUT2D eigenvalue weighted by Crippen LogP contribution is -2.01. The van der Waals surface area contributed by atoms with E-state index in [1.54, 1.807) is 80.2 Å². The van der Waals surface area contributed by atoms with Crippen LogP contribution in [-0.2, 0) is 14.1 Å². The standard InChI is InChI=1S/C26H25N5O3.C18H16ClN5O.C8H10BO4/c1-16-13-21(19-10-8-18(32-3)15-23(19)34-5)26-25(28-16)24(29-30(26)2)20-9-7-17(14-22(20)33-4)31-12-6-11-27-31;1-11-9-14(19)18-17(21-11)16(22-23(18)2)13-6-5-12(10-15(13)25-3)24-8-4-7-20-24;1-11-6-3-4-7(13-9-10)8(5-6)12-2/h6-15H,1-5H3;4-10H,1-3H3;3-5,10H,1-2H3. The summed E-state index contributed by atoms with van der Waals surface area (Å²) in [6, 6.07) is 30.3. The number of hydrogen-bond acceptors (Lipinski definition) is 14. The van der Waals surface area contributed by atoms with E-state index in [-0.39, 0.29) is 0 Å². The summed E-state index contributed by atoms with van der Waals surface area (Å²) in [5, 5.41) is 27.1. The van der Waals surface area contributed by atoms with Crippen LogP contribution >= 0.6 is 11.6 Å². The number of halogens is 1. The number of methoxy groups -OCH3 is 6. The Kier molecular flexibility index (Phi) is 15.3. The van der Waals surface area contributed by atoms with E-state index in [1.807, 2.05) is 118 Å². The zero-order valence-electron chi connectivity index (χ0n) is 41.3. The Morgan fingerprint density at radius 3 is 1.47 bits per heavy atom. The van der Waals surface area contributed by atoms with Gasteiger partial charge in [-0.25, -0.2) is 19.3 Å². The Balaban J connectivity index is 0.000000159. The van der Waals surface area contributed by atoms with Crippen LogP contribution in [0.25, 0.3) is 67.1 Å². The van der Waals surface area contributed by atoms with Gasteiger partial charge in [0.05, 0.1) is 64.6 Å². The number of nitrogens with zero attached hydrogens (tertiary/aromatic N) is 10. The SMILES string of the molecule is COc1cc(-n2cccn2)ccc1-c1nn(C)c2c(Cl)cc(C)nc12.COc1ccc(-c2cc(C)nc3c(-c4ccc(-n5cccn5)cc4OC)nn(C)c23)c(OC)c1.COc1ccc(O[B]O)c(OC)c1. The first-order valence-corrected chi connectivity index (χ1v) is 22.6. The highest BCUT2D eigenvalue weighted by atomic mass is 35.5. The van der Waals surface area contributed by atoms with Crippen molar-refractivity contribution in [2.75, 3.05) is 42.7 Å². The van der Waals surface area contributed by atoms with Gasteiger partial charge < -0.3 is 38.1 Å². The molecule has 0 bridgehead atoms. The molecule has 0 spiro atoms. The van der Waals surface area contributed by atoms with E-state index in [1.165, 1.54) is 7.11 Å². The molecule has 0 aliphatic heterocycles. The fourth-order valence-corrected chi connectivity index (χ4v) is 8.52. The van der Waals surface area contributed by atoms with E-state index in [4.69, 9.17) is 59.8 Å². The molecule has 0 fully saturated rings. The predicted octanol–water partition coefficient (Wildman–Crippen LogP) is 9.22. The van der Waals surface area contributed by atoms with Crippen LogP contribution in [0.15, 0.2) is 122 Å². The van der Waals surface area contributed by atoms with Crippen molar-refractivity contribution in [3.8, 4) is 85.3 Å². The quantitative estimate of drug-likeness (QED) is 0.108. The average Bonchev–Trinajstić information content (AvgIpc) is 4.25. The topological polar surface area (TPSA) is 182 Å². The first-order chi connectivity index (χ1) is 34.9. The summed E-state index contributed by atoms with van der Waals surface area (Å²) in [6.07, 6.45) is 7.26. The maximum absolute atomic E-state index is 8.43. The Bertz CT molecular complexity index is 3490. The van der Waals surface area contributed by atoms with E-state index in [2.05, 4.69) is 26.3 Å². The first-order valence-electron chi connectivity index (χ1n) is 22.2. The van der Waals surface area contributed by atoms with Crippen molar-refractivity contribution in [3.63, 3.8) is 0 Å². The molecule has 0 saturated heterocycles. The van der Waals surface area contributed by atoms with Gasteiger partial charge in [-0.3, -0.25) is 9.36 Å². The third-order valence-corrected chi connectivity index (χ3v) is 11.7. The van der Waals surface area contributed by atoms with Gasteiger partial charge in [0.1, 0.15) is 62.4 Å². The number of fused-ring (bicyclic) bond motifs is 2. The van der Waals surface area contributed by atoms with Gasteiger partial charge >= 0.3 is 7.69 Å². The molecule has 6 aromatic heterocycles. The van der Waals surface area contributed by atoms with Gasteiger partial charge in [0, 0.05) is 96.8 Å². The van der Waals surface area contributed by atoms with E-state index in [0.717, 1.165) is 90.0 Å². The molecule has 367 valence electrons. The lowest BCUT2D eigenvalue weighted by Gasteiger charge is -2.13. The third kappa shape index (κ3) is 10.2. The normalized spacial score (nSPS) is 10.8. The molecular weight excluding hydrogens is 939 g/mol. The van der Waals surface area contributed by atoms with Gasteiger partial charge in [-0.1, -0.05) is 11.6 Å². The summed E-state index contributed by atoms with van der Waals surface area (Å²) in [5.41, 5.74) is 11.9. The van der Waals surface area contributed by atoms with Crippen molar-refractivity contribution in [2.24, 2.45) is 14.1 Å². The number of rotatable bonds is 13. The molecule has 1 radical (unpaired) electrons. The lowest BCUT2D eigenvalue weighted by molar-refractivity contribution is 0.371. The van der Waals surface area contributed by atoms with Gasteiger partial charge in [0.25, 0.3) is 0 Å². The second kappa shape index (κ2) is 22.0. The molecule has 0 aliphatic rings. The highest BCUT2D eigenvalue weighted by Crippen LogP contribution is 2.42. The molecule has 4 aromatic carbocycles. The summed E-state index contributed by atoms with van der Waals surface area (Å²) in [7, 11) is 14.1. The molecule has 20 heteroatoms. The van der Waals surface area contributed by atoms with Gasteiger partial charge in [0.2, 0.25) is 0 Å². The van der Waals surface area contributed by atoms with E-state index in [9.17, 15) is 0 Å². The highest BCUT2D eigenvalue weighted by Gasteiger charge is 2.23. The van der Waals surface area contributed by atoms with Crippen molar-refractivity contribution in [1.82, 2.24) is 49.1 Å². The van der Waals surface area contributed by atoms with E-state index in [0.29, 0.717) is 41.5 Å². The van der Waals surface area contributed by atoms with Gasteiger partial charge in [-0.15, -0.1) is 0 Å². The van der Waals surface area contributed by atoms with Crippen LogP contribution in [0.4, 0.5) is 0 Å². The Morgan fingerprint density at radius 1 is 0.500 bits per heavy atom. The summed E-state index contributed by atoms with van der Waals surface area (Å²) >= 11 is 6.39. The van der Waals surface area contributed by atoms with Crippen LogP contribution in [0, 0.1) is 13.8 Å². The van der Waals surface area contributed by atoms with Crippen LogP contribution in [0.3, 0.4) is 0 Å². The van der Waals surface area contributed by atoms with Crippen molar-refractivity contribution >= 4 is 41.4 Å². The molecule has 0 amide bonds. The zero-order chi connectivity index (χ0) is 51.1. The third-order valence-electron chi connectivity index (χ3n) is 11.5. The van der Waals surface area contributed by atoms with E-state index < -0.39 is 0 Å². The van der Waals surface area contributed by atoms with Crippen molar-refractivity contribution in [3.05, 3.63) is 138 Å². The minimum Gasteiger partial charge on any atom is -0.535 e. The number of aromatic nitrogens is 10. The zero-order valence-corrected chi connectivity index (χ0v) is 42.0. The maximum atomic E-state index is 8.43. The van der Waals surface area contributed by atoms with Crippen LogP contribution in [0.5, 0.6) is 40.2 Å². The van der Waals surface area contributed by atoms with Gasteiger partial charge in [-0.2, -0.15) is 20.4 Å². The van der Waals surface area contributed by atoms with Crippen LogP contribution in [0.2, 0.25) is 5.02 Å². The fraction of sp³-hybridized carbons (Fsp3) is 0.192. The number of ether oxygens (including phenoxy) is 6. The molecule has 18 nitrogen and oxygen atoms in total. The largest absolute Gasteiger partial charge is 0.569 e. The molecule has 10 aromatic rings. The molecule has 0 aliphatic carbocycles. The fourth-order valence-electron chi connectivity index (χ4n) is 8.15. The molecule has 72 heavy (non-hydrogen) atoms. The number of pyridine rings is 2. The van der Waals surface area contributed by atoms with E-state index >= 15 is 0 Å². The second-order valence-corrected chi connectivity index (χ2v) is 16.3. The number of aryl methyl sites for hydroxylation is 4. The first kappa shape index (κ1) is 49.9. The Morgan fingerprint density at radius 2 is 0.972 bits per heavy atom. The molecule has 0 atom stereocenters. The average molecular weight is 990 g/mol. The predicted molar refractivity (Wildman–Crippen MR) is 276 cm³/mol. The van der Waals surface area contributed by atoms with Crippen molar-refractivity contribution in [1.29, 1.82) is 0 Å². The van der Waals surface area contributed by atoms with Crippen LogP contribution in [-0.4, -0.2) is 104 Å². The van der Waals surface area contributed by atoms with Gasteiger partial charge in [-0.05, 0) is 86.6 Å². The molecular formula is C52H51BClN10O8. The summed E-state index contributed by atoms with van der Waals surface area (Å²) in [4.78, 5) is 9.51. The van der Waals surface area contributed by atoms with Crippen molar-refractivity contribution in [2.45, 2.75) is 13.8 Å². The smallest absolute Gasteiger partial charge is 0.535 e. The van der Waals surface area contributed by atoms with Crippen LogP contribution in [0.1, 0.15) is 11.4 Å². The lowest BCUT2D eigenvalue weighted by atomic mass is 10.0. The maximum Gasteiger partial charge on any atom is 0.569 e. The Labute approximate surface area is 421 Å². The monoisotopic (exact) mass is 989 g/mol. The number of benzene rings is 4. The second-order valence-electron chi connectivity index (χ2n) is 15.9. The number of hydrogen-bond donors (Lipinski definition) is 1. The van der Waals surface area contributed by atoms with Crippen molar-refractivity contribution < 1.29 is 38.1 Å².